The van der Waals surface area contributed by atoms with Crippen LogP contribution in [0.4, 0.5) is 4.39 Å². The lowest BCUT2D eigenvalue weighted by atomic mass is 10.0. The first kappa shape index (κ1) is 20.5. The van der Waals surface area contributed by atoms with Gasteiger partial charge in [0.05, 0.1) is 17.3 Å². The van der Waals surface area contributed by atoms with Crippen molar-refractivity contribution < 1.29 is 22.3 Å². The minimum atomic E-state index is -3.42. The maximum absolute atomic E-state index is 13.4. The van der Waals surface area contributed by atoms with E-state index in [1.165, 1.54) is 31.4 Å². The Morgan fingerprint density at radius 1 is 1.21 bits per heavy atom. The predicted octanol–water partition coefficient (Wildman–Crippen LogP) is 3.09. The van der Waals surface area contributed by atoms with E-state index in [0.717, 1.165) is 18.4 Å². The van der Waals surface area contributed by atoms with Gasteiger partial charge < -0.3 is 9.64 Å². The summed E-state index contributed by atoms with van der Waals surface area (Å²) in [6.07, 6.45) is 2.37. The minimum absolute atomic E-state index is 0.0133. The average Bonchev–Trinajstić information content (AvgIpc) is 3.14. The van der Waals surface area contributed by atoms with Crippen LogP contribution in [0, 0.1) is 5.82 Å². The molecule has 1 heterocycles. The molecule has 0 aliphatic carbocycles. The smallest absolute Gasteiger partial charge is 0.254 e. The van der Waals surface area contributed by atoms with Crippen LogP contribution in [0.3, 0.4) is 0 Å². The van der Waals surface area contributed by atoms with Crippen molar-refractivity contribution in [3.05, 3.63) is 65.5 Å². The Morgan fingerprint density at radius 3 is 2.64 bits per heavy atom. The normalized spacial score (nSPS) is 17.1. The highest BCUT2D eigenvalue weighted by atomic mass is 32.2. The van der Waals surface area contributed by atoms with Gasteiger partial charge in [0.2, 0.25) is 0 Å². The molecule has 0 spiro atoms. The van der Waals surface area contributed by atoms with Crippen molar-refractivity contribution in [2.24, 2.45) is 0 Å². The molecule has 0 radical (unpaired) electrons. The number of benzene rings is 2. The first-order valence-electron chi connectivity index (χ1n) is 9.28. The second-order valence-electron chi connectivity index (χ2n) is 6.96. The molecule has 1 aliphatic heterocycles. The van der Waals surface area contributed by atoms with Crippen LogP contribution in [0.5, 0.6) is 0 Å². The van der Waals surface area contributed by atoms with Gasteiger partial charge in [-0.15, -0.1) is 0 Å². The van der Waals surface area contributed by atoms with Gasteiger partial charge in [0.1, 0.15) is 5.82 Å². The second-order valence-corrected chi connectivity index (χ2v) is 9.07. The Hall–Kier alpha value is -2.25. The fourth-order valence-electron chi connectivity index (χ4n) is 3.53. The number of halogens is 1. The van der Waals surface area contributed by atoms with Gasteiger partial charge in [-0.25, -0.2) is 12.8 Å². The molecule has 1 unspecified atom stereocenters. The van der Waals surface area contributed by atoms with Gasteiger partial charge in [0.25, 0.3) is 5.91 Å². The summed E-state index contributed by atoms with van der Waals surface area (Å²) < 4.78 is 42.7. The Balaban J connectivity index is 1.72. The summed E-state index contributed by atoms with van der Waals surface area (Å²) in [5, 5.41) is 0. The first-order chi connectivity index (χ1) is 13.4. The molecule has 5 nitrogen and oxygen atoms in total. The van der Waals surface area contributed by atoms with Gasteiger partial charge in [-0.1, -0.05) is 12.1 Å². The number of hydrogen-bond donors (Lipinski definition) is 0. The van der Waals surface area contributed by atoms with E-state index in [2.05, 4.69) is 0 Å². The van der Waals surface area contributed by atoms with E-state index in [-0.39, 0.29) is 35.0 Å². The van der Waals surface area contributed by atoms with Gasteiger partial charge in [0.15, 0.2) is 9.84 Å². The van der Waals surface area contributed by atoms with Crippen LogP contribution < -0.4 is 0 Å². The summed E-state index contributed by atoms with van der Waals surface area (Å²) in [6, 6.07) is 12.5. The lowest BCUT2D eigenvalue weighted by molar-refractivity contribution is 0.0736. The lowest BCUT2D eigenvalue weighted by Gasteiger charge is -2.25. The standard InChI is InChI=1S/C21H24FNO4S/c1-27-12-13-28(25,26)20-9-7-17(8-10-20)21(24)23-11-3-6-19(23)15-16-4-2-5-18(22)14-16/h2,4-5,7-10,14,19H,3,6,11-13,15H2,1H3. The maximum Gasteiger partial charge on any atom is 0.254 e. The Labute approximate surface area is 165 Å². The maximum atomic E-state index is 13.4. The molecule has 0 bridgehead atoms. The van der Waals surface area contributed by atoms with Crippen LogP contribution in [-0.2, 0) is 21.0 Å². The Morgan fingerprint density at radius 2 is 1.96 bits per heavy atom. The molecule has 28 heavy (non-hydrogen) atoms. The highest BCUT2D eigenvalue weighted by Crippen LogP contribution is 2.24. The summed E-state index contributed by atoms with van der Waals surface area (Å²) >= 11 is 0. The number of carbonyl (C=O) groups is 1. The van der Waals surface area contributed by atoms with E-state index in [4.69, 9.17) is 4.74 Å². The van der Waals surface area contributed by atoms with Crippen molar-refractivity contribution in [3.63, 3.8) is 0 Å². The predicted molar refractivity (Wildman–Crippen MR) is 105 cm³/mol. The molecule has 0 aromatic heterocycles. The van der Waals surface area contributed by atoms with Crippen LogP contribution in [0.1, 0.15) is 28.8 Å². The van der Waals surface area contributed by atoms with Gasteiger partial charge in [0, 0.05) is 25.3 Å². The zero-order valence-corrected chi connectivity index (χ0v) is 16.6. The van der Waals surface area contributed by atoms with Crippen LogP contribution in [0.2, 0.25) is 0 Å². The summed E-state index contributed by atoms with van der Waals surface area (Å²) in [7, 11) is -1.97. The molecule has 1 amide bonds. The van der Waals surface area contributed by atoms with Crippen molar-refractivity contribution >= 4 is 15.7 Å². The van der Waals surface area contributed by atoms with Gasteiger partial charge in [-0.2, -0.15) is 0 Å². The molecule has 1 saturated heterocycles. The topological polar surface area (TPSA) is 63.7 Å². The molecule has 150 valence electrons. The summed E-state index contributed by atoms with van der Waals surface area (Å²) in [5.74, 6) is -0.503. The molecule has 0 saturated carbocycles. The SMILES string of the molecule is COCCS(=O)(=O)c1ccc(C(=O)N2CCCC2Cc2cccc(F)c2)cc1. The van der Waals surface area contributed by atoms with E-state index in [1.54, 1.807) is 23.1 Å². The zero-order valence-electron chi connectivity index (χ0n) is 15.8. The van der Waals surface area contributed by atoms with Crippen LogP contribution >= 0.6 is 0 Å². The largest absolute Gasteiger partial charge is 0.384 e. The minimum Gasteiger partial charge on any atom is -0.384 e. The number of methoxy groups -OCH3 is 1. The number of amides is 1. The van der Waals surface area contributed by atoms with E-state index >= 15 is 0 Å². The van der Waals surface area contributed by atoms with Crippen LogP contribution in [0.25, 0.3) is 0 Å². The first-order valence-corrected chi connectivity index (χ1v) is 10.9. The highest BCUT2D eigenvalue weighted by Gasteiger charge is 2.29. The molecule has 1 fully saturated rings. The Bertz CT molecular complexity index is 928. The number of hydrogen-bond acceptors (Lipinski definition) is 4. The average molecular weight is 405 g/mol. The molecule has 1 aliphatic rings. The van der Waals surface area contributed by atoms with Crippen molar-refractivity contribution in [3.8, 4) is 0 Å². The molecular formula is C21H24FNO4S. The number of likely N-dealkylation sites (tertiary alicyclic amines) is 1. The quantitative estimate of drug-likeness (QED) is 0.710. The third kappa shape index (κ3) is 4.77. The molecular weight excluding hydrogens is 381 g/mol. The number of sulfone groups is 1. The van der Waals surface area contributed by atoms with Crippen molar-refractivity contribution in [2.45, 2.75) is 30.2 Å². The highest BCUT2D eigenvalue weighted by molar-refractivity contribution is 7.91. The number of nitrogens with zero attached hydrogens (tertiary/aromatic N) is 1. The van der Waals surface area contributed by atoms with E-state index in [9.17, 15) is 17.6 Å². The van der Waals surface area contributed by atoms with Crippen molar-refractivity contribution in [1.82, 2.24) is 4.90 Å². The molecule has 3 rings (SSSR count). The number of rotatable bonds is 7. The summed E-state index contributed by atoms with van der Waals surface area (Å²) in [4.78, 5) is 14.9. The van der Waals surface area contributed by atoms with E-state index in [1.807, 2.05) is 6.07 Å². The van der Waals surface area contributed by atoms with Gasteiger partial charge >= 0.3 is 0 Å². The number of ether oxygens (including phenoxy) is 1. The third-order valence-electron chi connectivity index (χ3n) is 5.01. The Kier molecular flexibility index (Phi) is 6.46. The zero-order chi connectivity index (χ0) is 20.1. The second kappa shape index (κ2) is 8.84. The van der Waals surface area contributed by atoms with Crippen LogP contribution in [-0.4, -0.2) is 51.3 Å². The molecule has 7 heteroatoms. The molecule has 1 atom stereocenters. The van der Waals surface area contributed by atoms with Crippen molar-refractivity contribution in [1.29, 1.82) is 0 Å². The monoisotopic (exact) mass is 405 g/mol. The van der Waals surface area contributed by atoms with Crippen LogP contribution in [0.15, 0.2) is 53.4 Å². The fraction of sp³-hybridized carbons (Fsp3) is 0.381. The van der Waals surface area contributed by atoms with E-state index < -0.39 is 9.84 Å². The lowest BCUT2D eigenvalue weighted by Crippen LogP contribution is -2.36. The number of carbonyl (C=O) groups excluding carboxylic acids is 1. The van der Waals surface area contributed by atoms with Gasteiger partial charge in [-0.05, 0) is 61.2 Å². The van der Waals surface area contributed by atoms with Crippen molar-refractivity contribution in [2.75, 3.05) is 26.0 Å². The van der Waals surface area contributed by atoms with Gasteiger partial charge in [-0.3, -0.25) is 4.79 Å². The summed E-state index contributed by atoms with van der Waals surface area (Å²) in [5.41, 5.74) is 1.32. The molecule has 2 aromatic rings. The third-order valence-corrected chi connectivity index (χ3v) is 6.71. The van der Waals surface area contributed by atoms with E-state index in [0.29, 0.717) is 18.5 Å². The molecule has 2 aromatic carbocycles. The summed E-state index contributed by atoms with van der Waals surface area (Å²) in [6.45, 7) is 0.769. The fourth-order valence-corrected chi connectivity index (χ4v) is 4.71. The molecule has 0 N–H and O–H groups in total.